The lowest BCUT2D eigenvalue weighted by molar-refractivity contribution is 0.0567. The molecule has 0 N–H and O–H groups in total. The van der Waals surface area contributed by atoms with E-state index in [9.17, 15) is 9.59 Å². The molecule has 0 radical (unpaired) electrons. The van der Waals surface area contributed by atoms with Crippen LogP contribution in [0.4, 0.5) is 0 Å². The van der Waals surface area contributed by atoms with Crippen molar-refractivity contribution in [2.45, 2.75) is 20.3 Å². The van der Waals surface area contributed by atoms with Crippen LogP contribution in [0.1, 0.15) is 41.0 Å². The molecule has 2 bridgehead atoms. The van der Waals surface area contributed by atoms with Gasteiger partial charge in [-0.25, -0.2) is 0 Å². The summed E-state index contributed by atoms with van der Waals surface area (Å²) in [4.78, 5) is 26.6. The van der Waals surface area contributed by atoms with Crippen molar-refractivity contribution in [3.63, 3.8) is 0 Å². The molecule has 0 saturated heterocycles. The minimum atomic E-state index is -0.175. The zero-order valence-corrected chi connectivity index (χ0v) is 14.8. The molecule has 0 heterocycles. The number of carbonyl (C=O) groups excluding carboxylic acids is 2. The number of rotatable bonds is 4. The Morgan fingerprint density at radius 1 is 0.680 bits per heavy atom. The van der Waals surface area contributed by atoms with Crippen molar-refractivity contribution in [1.29, 1.82) is 0 Å². The number of carbonyl (C=O) groups is 2. The van der Waals surface area contributed by atoms with Crippen LogP contribution in [-0.4, -0.2) is 11.6 Å². The number of benzene rings is 2. The summed E-state index contributed by atoms with van der Waals surface area (Å²) in [6.07, 6.45) is 1.01. The van der Waals surface area contributed by atoms with Crippen molar-refractivity contribution in [3.05, 3.63) is 71.8 Å². The van der Waals surface area contributed by atoms with E-state index in [0.717, 1.165) is 17.5 Å². The summed E-state index contributed by atoms with van der Waals surface area (Å²) in [5.41, 5.74) is 1.48. The van der Waals surface area contributed by atoms with Gasteiger partial charge < -0.3 is 0 Å². The van der Waals surface area contributed by atoms with Gasteiger partial charge >= 0.3 is 0 Å². The van der Waals surface area contributed by atoms with E-state index in [-0.39, 0.29) is 23.4 Å². The van der Waals surface area contributed by atoms with Crippen molar-refractivity contribution in [3.8, 4) is 0 Å². The van der Waals surface area contributed by atoms with Gasteiger partial charge in [0.25, 0.3) is 0 Å². The van der Waals surface area contributed by atoms with Crippen LogP contribution < -0.4 is 0 Å². The van der Waals surface area contributed by atoms with Crippen LogP contribution in [0.25, 0.3) is 0 Å². The van der Waals surface area contributed by atoms with Gasteiger partial charge in [-0.2, -0.15) is 0 Å². The number of fused-ring (bicyclic) bond motifs is 2. The zero-order valence-electron chi connectivity index (χ0n) is 14.8. The van der Waals surface area contributed by atoms with Crippen LogP contribution >= 0.6 is 0 Å². The quantitative estimate of drug-likeness (QED) is 0.746. The summed E-state index contributed by atoms with van der Waals surface area (Å²) in [6, 6.07) is 19.0. The Kier molecular flexibility index (Phi) is 4.07. The first-order valence-electron chi connectivity index (χ1n) is 9.28. The second kappa shape index (κ2) is 6.25. The lowest BCUT2D eigenvalue weighted by Crippen LogP contribution is -2.41. The van der Waals surface area contributed by atoms with E-state index < -0.39 is 0 Å². The van der Waals surface area contributed by atoms with Crippen LogP contribution in [0.2, 0.25) is 0 Å². The van der Waals surface area contributed by atoms with Crippen LogP contribution in [0, 0.1) is 35.5 Å². The molecule has 2 aliphatic rings. The molecule has 128 valence electrons. The Morgan fingerprint density at radius 2 is 1.04 bits per heavy atom. The van der Waals surface area contributed by atoms with E-state index in [1.807, 2.05) is 60.7 Å². The zero-order chi connectivity index (χ0) is 17.6. The molecule has 0 amide bonds. The number of ketones is 2. The fourth-order valence-electron chi connectivity index (χ4n) is 5.31. The average molecular weight is 332 g/mol. The van der Waals surface area contributed by atoms with Crippen molar-refractivity contribution >= 4 is 11.6 Å². The minimum Gasteiger partial charge on any atom is -0.294 e. The predicted molar refractivity (Wildman–Crippen MR) is 98.5 cm³/mol. The smallest absolute Gasteiger partial charge is 0.166 e. The Balaban J connectivity index is 1.72. The van der Waals surface area contributed by atoms with Crippen molar-refractivity contribution in [2.75, 3.05) is 0 Å². The largest absolute Gasteiger partial charge is 0.294 e. The van der Waals surface area contributed by atoms with Crippen molar-refractivity contribution in [2.24, 2.45) is 35.5 Å². The highest BCUT2D eigenvalue weighted by Crippen LogP contribution is 2.59. The summed E-state index contributed by atoms with van der Waals surface area (Å²) < 4.78 is 0. The van der Waals surface area contributed by atoms with Crippen LogP contribution in [0.5, 0.6) is 0 Å². The number of hydrogen-bond donors (Lipinski definition) is 0. The third-order valence-corrected chi connectivity index (χ3v) is 6.76. The fraction of sp³-hybridized carbons (Fsp3) is 0.391. The normalized spacial score (nSPS) is 33.4. The van der Waals surface area contributed by atoms with Crippen LogP contribution in [-0.2, 0) is 0 Å². The molecule has 0 aromatic heterocycles. The van der Waals surface area contributed by atoms with Gasteiger partial charge in [0.1, 0.15) is 0 Å². The second-order valence-corrected chi connectivity index (χ2v) is 7.79. The summed E-state index contributed by atoms with van der Waals surface area (Å²) >= 11 is 0. The molecule has 6 atom stereocenters. The third-order valence-electron chi connectivity index (χ3n) is 6.76. The first-order valence-corrected chi connectivity index (χ1v) is 9.28. The Morgan fingerprint density at radius 3 is 1.40 bits per heavy atom. The summed E-state index contributed by atoms with van der Waals surface area (Å²) in [5, 5.41) is 0. The second-order valence-electron chi connectivity index (χ2n) is 7.79. The third kappa shape index (κ3) is 2.55. The van der Waals surface area contributed by atoms with Gasteiger partial charge in [0, 0.05) is 23.0 Å². The van der Waals surface area contributed by atoms with Gasteiger partial charge in [-0.15, -0.1) is 0 Å². The van der Waals surface area contributed by atoms with E-state index in [2.05, 4.69) is 13.8 Å². The molecular weight excluding hydrogens is 308 g/mol. The molecule has 6 unspecified atom stereocenters. The molecular formula is C23H24O2. The van der Waals surface area contributed by atoms with Gasteiger partial charge in [-0.05, 0) is 30.1 Å². The first kappa shape index (κ1) is 16.3. The van der Waals surface area contributed by atoms with Gasteiger partial charge in [-0.1, -0.05) is 74.5 Å². The predicted octanol–water partition coefficient (Wildman–Crippen LogP) is 4.91. The Labute approximate surface area is 149 Å². The van der Waals surface area contributed by atoms with Gasteiger partial charge in [0.2, 0.25) is 0 Å². The topological polar surface area (TPSA) is 34.1 Å². The van der Waals surface area contributed by atoms with E-state index in [1.165, 1.54) is 0 Å². The van der Waals surface area contributed by atoms with Crippen LogP contribution in [0.3, 0.4) is 0 Å². The summed E-state index contributed by atoms with van der Waals surface area (Å²) in [6.45, 7) is 4.51. The molecule has 0 aliphatic heterocycles. The maximum atomic E-state index is 13.3. The van der Waals surface area contributed by atoms with E-state index in [4.69, 9.17) is 0 Å². The maximum absolute atomic E-state index is 13.3. The molecule has 0 spiro atoms. The molecule has 2 heteroatoms. The maximum Gasteiger partial charge on any atom is 0.166 e. The highest BCUT2D eigenvalue weighted by Gasteiger charge is 2.59. The number of hydrogen-bond acceptors (Lipinski definition) is 2. The van der Waals surface area contributed by atoms with E-state index >= 15 is 0 Å². The van der Waals surface area contributed by atoms with Gasteiger partial charge in [0.15, 0.2) is 11.6 Å². The first-order chi connectivity index (χ1) is 12.1. The Hall–Kier alpha value is -2.22. The molecule has 25 heavy (non-hydrogen) atoms. The molecule has 2 fully saturated rings. The van der Waals surface area contributed by atoms with Crippen molar-refractivity contribution in [1.82, 2.24) is 0 Å². The average Bonchev–Trinajstić information content (AvgIpc) is 3.19. The lowest BCUT2D eigenvalue weighted by Gasteiger charge is -2.37. The highest BCUT2D eigenvalue weighted by molar-refractivity contribution is 6.05. The molecule has 2 aliphatic carbocycles. The molecule has 2 nitrogen and oxygen atoms in total. The standard InChI is InChI=1S/C23H24O2/c1-14-15(2)19-13-18(14)20(22(24)16-9-5-3-6-10-16)21(19)23(25)17-11-7-4-8-12-17/h3-12,14-15,18-21H,13H2,1-2H3. The summed E-state index contributed by atoms with van der Waals surface area (Å²) in [7, 11) is 0. The molecule has 2 saturated carbocycles. The van der Waals surface area contributed by atoms with Gasteiger partial charge in [0.05, 0.1) is 0 Å². The van der Waals surface area contributed by atoms with E-state index in [0.29, 0.717) is 23.7 Å². The molecule has 2 aromatic rings. The van der Waals surface area contributed by atoms with Crippen molar-refractivity contribution < 1.29 is 9.59 Å². The molecule has 4 rings (SSSR count). The SMILES string of the molecule is CC1C(C)C2CC1C(C(=O)c1ccccc1)C2C(=O)c1ccccc1. The lowest BCUT2D eigenvalue weighted by atomic mass is 9.65. The summed E-state index contributed by atoms with van der Waals surface area (Å²) in [5.74, 6) is 1.61. The molecule has 2 aromatic carbocycles. The van der Waals surface area contributed by atoms with Gasteiger partial charge in [-0.3, -0.25) is 9.59 Å². The number of Topliss-reactive ketones (excluding diaryl/α,β-unsaturated/α-hetero) is 2. The highest BCUT2D eigenvalue weighted by atomic mass is 16.1. The minimum absolute atomic E-state index is 0.154. The fourth-order valence-corrected chi connectivity index (χ4v) is 5.31. The van der Waals surface area contributed by atoms with Crippen LogP contribution in [0.15, 0.2) is 60.7 Å². The van der Waals surface area contributed by atoms with E-state index in [1.54, 1.807) is 0 Å². The monoisotopic (exact) mass is 332 g/mol. The Bertz CT molecular complexity index is 713.